The van der Waals surface area contributed by atoms with Crippen LogP contribution in [0.3, 0.4) is 0 Å². The molecule has 1 aliphatic rings. The Morgan fingerprint density at radius 3 is 2.31 bits per heavy atom. The molecule has 0 radical (unpaired) electrons. The number of rotatable bonds is 11. The van der Waals surface area contributed by atoms with Crippen molar-refractivity contribution in [3.63, 3.8) is 0 Å². The summed E-state index contributed by atoms with van der Waals surface area (Å²) in [4.78, 5) is 12.3. The van der Waals surface area contributed by atoms with E-state index in [1.165, 1.54) is 23.1 Å². The number of benzene rings is 3. The van der Waals surface area contributed by atoms with Gasteiger partial charge in [0.2, 0.25) is 0 Å². The van der Waals surface area contributed by atoms with Gasteiger partial charge in [-0.15, -0.1) is 0 Å². The van der Waals surface area contributed by atoms with E-state index in [1.54, 1.807) is 18.2 Å². The van der Waals surface area contributed by atoms with Crippen molar-refractivity contribution in [2.24, 2.45) is 5.92 Å². The lowest BCUT2D eigenvalue weighted by Crippen LogP contribution is -2.46. The Kier molecular flexibility index (Phi) is 8.29. The number of carbonyl (C=O) groups is 1. The van der Waals surface area contributed by atoms with Crippen molar-refractivity contribution >= 4 is 17.9 Å². The van der Waals surface area contributed by atoms with Crippen LogP contribution >= 0.6 is 11.9 Å². The second-order valence-electron chi connectivity index (χ2n) is 10.0. The fourth-order valence-electron chi connectivity index (χ4n) is 4.85. The van der Waals surface area contributed by atoms with Gasteiger partial charge in [-0.1, -0.05) is 48.5 Å². The molecule has 4 N–H and O–H groups in total. The molecule has 0 spiro atoms. The largest absolute Gasteiger partial charge is 0.478 e. The lowest BCUT2D eigenvalue weighted by Gasteiger charge is -2.30. The zero-order valence-corrected chi connectivity index (χ0v) is 21.1. The van der Waals surface area contributed by atoms with Crippen molar-refractivity contribution in [3.8, 4) is 11.1 Å². The summed E-state index contributed by atoms with van der Waals surface area (Å²) in [5.74, 6) is -0.289. The molecule has 0 amide bonds. The fraction of sp³-hybridized carbons (Fsp3) is 0.345. The van der Waals surface area contributed by atoms with Crippen LogP contribution in [0.4, 0.5) is 0 Å². The molecule has 184 valence electrons. The minimum Gasteiger partial charge on any atom is -0.478 e. The molecule has 1 atom stereocenters. The van der Waals surface area contributed by atoms with Crippen molar-refractivity contribution in [2.75, 3.05) is 13.1 Å². The molecular weight excluding hydrogens is 456 g/mol. The number of aliphatic hydroxyl groups is 1. The minimum absolute atomic E-state index is 0.0420. The average Bonchev–Trinajstić information content (AvgIpc) is 3.24. The van der Waals surface area contributed by atoms with Crippen LogP contribution in [0.2, 0.25) is 0 Å². The van der Waals surface area contributed by atoms with Gasteiger partial charge < -0.3 is 15.5 Å². The van der Waals surface area contributed by atoms with Gasteiger partial charge in [-0.3, -0.25) is 4.72 Å². The lowest BCUT2D eigenvalue weighted by molar-refractivity contribution is 0.0697. The van der Waals surface area contributed by atoms with Crippen LogP contribution < -0.4 is 10.0 Å². The van der Waals surface area contributed by atoms with Crippen LogP contribution in [-0.2, 0) is 12.8 Å². The van der Waals surface area contributed by atoms with Gasteiger partial charge in [0.15, 0.2) is 0 Å². The smallest absolute Gasteiger partial charge is 0.335 e. The molecule has 3 aromatic carbocycles. The third kappa shape index (κ3) is 7.18. The van der Waals surface area contributed by atoms with Crippen LogP contribution in [0.25, 0.3) is 11.1 Å². The normalized spacial score (nSPS) is 14.6. The van der Waals surface area contributed by atoms with E-state index in [0.29, 0.717) is 19.0 Å². The molecule has 0 heterocycles. The third-order valence-corrected chi connectivity index (χ3v) is 7.34. The van der Waals surface area contributed by atoms with Gasteiger partial charge in [0.1, 0.15) is 0 Å². The van der Waals surface area contributed by atoms with E-state index >= 15 is 0 Å². The molecule has 0 saturated heterocycles. The molecule has 3 aromatic rings. The van der Waals surface area contributed by atoms with E-state index in [-0.39, 0.29) is 11.1 Å². The maximum Gasteiger partial charge on any atom is 0.335 e. The number of carboxylic acids is 1. The molecular formula is C29H34N2O3S. The number of nitrogens with one attached hydrogen (secondary N) is 2. The van der Waals surface area contributed by atoms with Crippen molar-refractivity contribution < 1.29 is 15.0 Å². The van der Waals surface area contributed by atoms with Gasteiger partial charge in [-0.2, -0.15) is 0 Å². The standard InChI is InChI=1S/C29H34N2O3S/c1-29(2,17-20-13-21-7-3-4-8-22(21)14-20)30-18-26(32)19-31-35-27-12-6-10-24(16-27)23-9-5-11-25(15-23)28(33)34/h3-12,15-16,20,26,30-32H,13-14,17-19H2,1-2H3,(H,33,34). The maximum absolute atomic E-state index is 11.3. The Labute approximate surface area is 212 Å². The van der Waals surface area contributed by atoms with Gasteiger partial charge in [0.05, 0.1) is 11.7 Å². The van der Waals surface area contributed by atoms with Crippen molar-refractivity contribution in [1.29, 1.82) is 0 Å². The number of hydrogen-bond donors (Lipinski definition) is 4. The van der Waals surface area contributed by atoms with E-state index < -0.39 is 12.1 Å². The summed E-state index contributed by atoms with van der Waals surface area (Å²) in [6.45, 7) is 5.43. The Hall–Kier alpha value is -2.64. The molecule has 0 aliphatic heterocycles. The monoisotopic (exact) mass is 490 g/mol. The lowest BCUT2D eigenvalue weighted by atomic mass is 9.88. The van der Waals surface area contributed by atoms with E-state index in [9.17, 15) is 15.0 Å². The SMILES string of the molecule is CC(C)(CC1Cc2ccccc2C1)NCC(O)CNSc1cccc(-c2cccc(C(=O)O)c2)c1. The second kappa shape index (κ2) is 11.4. The van der Waals surface area contributed by atoms with E-state index in [4.69, 9.17) is 0 Å². The molecule has 0 bridgehead atoms. The summed E-state index contributed by atoms with van der Waals surface area (Å²) >= 11 is 1.47. The van der Waals surface area contributed by atoms with Gasteiger partial charge in [0, 0.05) is 23.5 Å². The molecule has 0 saturated carbocycles. The average molecular weight is 491 g/mol. The summed E-state index contributed by atoms with van der Waals surface area (Å²) in [6.07, 6.45) is 2.86. The van der Waals surface area contributed by atoms with Gasteiger partial charge >= 0.3 is 5.97 Å². The highest BCUT2D eigenvalue weighted by Crippen LogP contribution is 2.32. The number of aliphatic hydroxyl groups excluding tert-OH is 1. The highest BCUT2D eigenvalue weighted by Gasteiger charge is 2.28. The van der Waals surface area contributed by atoms with E-state index in [1.807, 2.05) is 30.3 Å². The minimum atomic E-state index is -0.932. The first-order valence-corrected chi connectivity index (χ1v) is 12.9. The van der Waals surface area contributed by atoms with Gasteiger partial charge in [-0.25, -0.2) is 4.79 Å². The first-order valence-electron chi connectivity index (χ1n) is 12.1. The van der Waals surface area contributed by atoms with Gasteiger partial charge in [0.25, 0.3) is 0 Å². The summed E-state index contributed by atoms with van der Waals surface area (Å²) in [5, 5.41) is 23.3. The molecule has 6 heteroatoms. The maximum atomic E-state index is 11.3. The number of β-amino-alcohol motifs (C(OH)–C–C–N with tert-alkyl or cyclic N) is 1. The topological polar surface area (TPSA) is 81.6 Å². The zero-order chi connectivity index (χ0) is 24.8. The molecule has 1 aliphatic carbocycles. The first-order chi connectivity index (χ1) is 16.8. The Bertz CT molecular complexity index is 1140. The Morgan fingerprint density at radius 1 is 0.971 bits per heavy atom. The van der Waals surface area contributed by atoms with Crippen molar-refractivity contribution in [1.82, 2.24) is 10.0 Å². The number of aromatic carboxylic acids is 1. The molecule has 5 nitrogen and oxygen atoms in total. The Morgan fingerprint density at radius 2 is 1.63 bits per heavy atom. The number of fused-ring (bicyclic) bond motifs is 1. The van der Waals surface area contributed by atoms with E-state index in [2.05, 4.69) is 48.2 Å². The molecule has 0 aromatic heterocycles. The Balaban J connectivity index is 1.22. The number of carboxylic acid groups (broad SMARTS) is 1. The molecule has 35 heavy (non-hydrogen) atoms. The highest BCUT2D eigenvalue weighted by atomic mass is 32.2. The summed E-state index contributed by atoms with van der Waals surface area (Å²) in [7, 11) is 0. The molecule has 0 fully saturated rings. The summed E-state index contributed by atoms with van der Waals surface area (Å²) in [6, 6.07) is 23.6. The van der Waals surface area contributed by atoms with Crippen LogP contribution in [-0.4, -0.2) is 40.9 Å². The summed E-state index contributed by atoms with van der Waals surface area (Å²) < 4.78 is 3.26. The van der Waals surface area contributed by atoms with Crippen LogP contribution in [0.5, 0.6) is 0 Å². The zero-order valence-electron chi connectivity index (χ0n) is 20.3. The number of hydrogen-bond acceptors (Lipinski definition) is 5. The van der Waals surface area contributed by atoms with Crippen molar-refractivity contribution in [3.05, 3.63) is 89.5 Å². The third-order valence-electron chi connectivity index (χ3n) is 6.54. The fourth-order valence-corrected chi connectivity index (χ4v) is 5.62. The predicted octanol–water partition coefficient (Wildman–Crippen LogP) is 5.18. The summed E-state index contributed by atoms with van der Waals surface area (Å²) in [5.41, 5.74) is 5.01. The van der Waals surface area contributed by atoms with Gasteiger partial charge in [-0.05, 0) is 97.5 Å². The first kappa shape index (κ1) is 25.5. The van der Waals surface area contributed by atoms with Crippen molar-refractivity contribution in [2.45, 2.75) is 49.6 Å². The van der Waals surface area contributed by atoms with Crippen LogP contribution in [0.1, 0.15) is 41.8 Å². The van der Waals surface area contributed by atoms with E-state index in [0.717, 1.165) is 35.3 Å². The molecule has 4 rings (SSSR count). The second-order valence-corrected chi connectivity index (χ2v) is 11.0. The quantitative estimate of drug-likeness (QED) is 0.277. The highest BCUT2D eigenvalue weighted by molar-refractivity contribution is 7.97. The van der Waals surface area contributed by atoms with Crippen LogP contribution in [0, 0.1) is 5.92 Å². The predicted molar refractivity (Wildman–Crippen MR) is 143 cm³/mol. The molecule has 1 unspecified atom stereocenters. The van der Waals surface area contributed by atoms with Crippen LogP contribution in [0.15, 0.2) is 77.7 Å².